The van der Waals surface area contributed by atoms with Gasteiger partial charge in [0.2, 0.25) is 0 Å². The molecule has 3 atom stereocenters. The third kappa shape index (κ3) is 3.08. The molecule has 0 aliphatic carbocycles. The standard InChI is InChI=1S/C17H24O3S/c1-12-3-4-13(9-15(12)19-2)16(18)14-5-7-20-17(10-14)6-8-21-11-17/h3-4,9,14,16,18H,5-8,10-11H2,1-2H3. The maximum Gasteiger partial charge on any atom is 0.122 e. The predicted molar refractivity (Wildman–Crippen MR) is 86.0 cm³/mol. The molecular formula is C17H24O3S. The Kier molecular flexibility index (Phi) is 4.48. The van der Waals surface area contributed by atoms with Crippen molar-refractivity contribution in [2.45, 2.75) is 37.9 Å². The molecule has 2 heterocycles. The third-order valence-corrected chi connectivity index (χ3v) is 6.04. The van der Waals surface area contributed by atoms with Crippen molar-refractivity contribution in [2.24, 2.45) is 5.92 Å². The molecule has 2 fully saturated rings. The topological polar surface area (TPSA) is 38.7 Å². The lowest BCUT2D eigenvalue weighted by Gasteiger charge is -2.39. The third-order valence-electron chi connectivity index (χ3n) is 4.82. The van der Waals surface area contributed by atoms with Gasteiger partial charge in [-0.05, 0) is 55.1 Å². The highest BCUT2D eigenvalue weighted by Crippen LogP contribution is 2.44. The fourth-order valence-corrected chi connectivity index (χ4v) is 4.87. The zero-order chi connectivity index (χ0) is 14.9. The minimum absolute atomic E-state index is 0.0172. The summed E-state index contributed by atoms with van der Waals surface area (Å²) in [7, 11) is 1.68. The van der Waals surface area contributed by atoms with Crippen LogP contribution in [0.1, 0.15) is 36.5 Å². The molecule has 0 radical (unpaired) electrons. The second-order valence-corrected chi connectivity index (χ2v) is 7.37. The van der Waals surface area contributed by atoms with Crippen molar-refractivity contribution in [3.05, 3.63) is 29.3 Å². The van der Waals surface area contributed by atoms with Gasteiger partial charge in [0.05, 0.1) is 18.8 Å². The molecule has 0 amide bonds. The van der Waals surface area contributed by atoms with Crippen molar-refractivity contribution in [1.82, 2.24) is 0 Å². The monoisotopic (exact) mass is 308 g/mol. The van der Waals surface area contributed by atoms with E-state index in [0.717, 1.165) is 48.5 Å². The second kappa shape index (κ2) is 6.19. The molecule has 3 rings (SSSR count). The van der Waals surface area contributed by atoms with Crippen LogP contribution in [0.5, 0.6) is 5.75 Å². The van der Waals surface area contributed by atoms with E-state index in [2.05, 4.69) is 0 Å². The number of aryl methyl sites for hydroxylation is 1. The van der Waals surface area contributed by atoms with E-state index in [1.807, 2.05) is 36.9 Å². The van der Waals surface area contributed by atoms with Crippen LogP contribution < -0.4 is 4.74 Å². The minimum atomic E-state index is -0.425. The highest BCUT2D eigenvalue weighted by atomic mass is 32.2. The highest BCUT2D eigenvalue weighted by molar-refractivity contribution is 7.99. The molecule has 3 nitrogen and oxygen atoms in total. The Labute approximate surface area is 131 Å². The molecule has 1 aromatic rings. The molecule has 2 aliphatic rings. The number of aliphatic hydroxyl groups excluding tert-OH is 1. The summed E-state index contributed by atoms with van der Waals surface area (Å²) >= 11 is 1.97. The van der Waals surface area contributed by atoms with Crippen molar-refractivity contribution in [2.75, 3.05) is 25.2 Å². The molecule has 116 valence electrons. The largest absolute Gasteiger partial charge is 0.496 e. The Balaban J connectivity index is 1.76. The number of aliphatic hydroxyl groups is 1. The molecule has 2 saturated heterocycles. The van der Waals surface area contributed by atoms with Gasteiger partial charge in [-0.25, -0.2) is 0 Å². The smallest absolute Gasteiger partial charge is 0.122 e. The van der Waals surface area contributed by atoms with Crippen LogP contribution in [0, 0.1) is 12.8 Å². The Morgan fingerprint density at radius 3 is 3.05 bits per heavy atom. The van der Waals surface area contributed by atoms with Gasteiger partial charge in [-0.3, -0.25) is 0 Å². The average molecular weight is 308 g/mol. The minimum Gasteiger partial charge on any atom is -0.496 e. The summed E-state index contributed by atoms with van der Waals surface area (Å²) in [4.78, 5) is 0. The normalized spacial score (nSPS) is 30.5. The fraction of sp³-hybridized carbons (Fsp3) is 0.647. The van der Waals surface area contributed by atoms with Crippen molar-refractivity contribution in [3.8, 4) is 5.75 Å². The number of ether oxygens (including phenoxy) is 2. The molecule has 0 bridgehead atoms. The van der Waals surface area contributed by atoms with E-state index in [1.165, 1.54) is 5.75 Å². The van der Waals surface area contributed by atoms with E-state index in [0.29, 0.717) is 0 Å². The zero-order valence-corrected chi connectivity index (χ0v) is 13.6. The molecule has 1 spiro atoms. The number of rotatable bonds is 3. The molecule has 0 saturated carbocycles. The summed E-state index contributed by atoms with van der Waals surface area (Å²) in [5.74, 6) is 3.39. The predicted octanol–water partition coefficient (Wildman–Crippen LogP) is 3.34. The number of hydrogen-bond donors (Lipinski definition) is 1. The summed E-state index contributed by atoms with van der Waals surface area (Å²) in [5.41, 5.74) is 2.08. The van der Waals surface area contributed by atoms with Crippen molar-refractivity contribution < 1.29 is 14.6 Å². The zero-order valence-electron chi connectivity index (χ0n) is 12.8. The quantitative estimate of drug-likeness (QED) is 0.929. The van der Waals surface area contributed by atoms with Gasteiger partial charge in [-0.15, -0.1) is 0 Å². The number of thioether (sulfide) groups is 1. The molecule has 2 aliphatic heterocycles. The van der Waals surface area contributed by atoms with Crippen LogP contribution in [-0.4, -0.2) is 35.9 Å². The van der Waals surface area contributed by atoms with Gasteiger partial charge in [0.25, 0.3) is 0 Å². The number of benzene rings is 1. The maximum atomic E-state index is 10.8. The number of hydrogen-bond acceptors (Lipinski definition) is 4. The lowest BCUT2D eigenvalue weighted by Crippen LogP contribution is -2.41. The molecule has 0 aromatic heterocycles. The molecule has 4 heteroatoms. The van der Waals surface area contributed by atoms with Crippen LogP contribution in [0.25, 0.3) is 0 Å². The van der Waals surface area contributed by atoms with Crippen molar-refractivity contribution >= 4 is 11.8 Å². The average Bonchev–Trinajstić information content (AvgIpc) is 2.95. The van der Waals surface area contributed by atoms with Crippen molar-refractivity contribution in [3.63, 3.8) is 0 Å². The van der Waals surface area contributed by atoms with E-state index in [-0.39, 0.29) is 11.5 Å². The lowest BCUT2D eigenvalue weighted by atomic mass is 9.80. The van der Waals surface area contributed by atoms with Gasteiger partial charge >= 0.3 is 0 Å². The molecule has 3 unspecified atom stereocenters. The van der Waals surface area contributed by atoms with E-state index in [9.17, 15) is 5.11 Å². The first-order valence-electron chi connectivity index (χ1n) is 7.68. The Morgan fingerprint density at radius 2 is 2.33 bits per heavy atom. The molecule has 1 aromatic carbocycles. The molecular weight excluding hydrogens is 284 g/mol. The summed E-state index contributed by atoms with van der Waals surface area (Å²) in [6, 6.07) is 6.03. The molecule has 21 heavy (non-hydrogen) atoms. The second-order valence-electron chi connectivity index (χ2n) is 6.26. The Morgan fingerprint density at radius 1 is 1.48 bits per heavy atom. The van der Waals surface area contributed by atoms with Gasteiger partial charge in [0.1, 0.15) is 5.75 Å². The first kappa shape index (κ1) is 15.2. The first-order valence-corrected chi connectivity index (χ1v) is 8.83. The summed E-state index contributed by atoms with van der Waals surface area (Å²) in [6.45, 7) is 2.79. The first-order chi connectivity index (χ1) is 10.1. The van der Waals surface area contributed by atoms with E-state index >= 15 is 0 Å². The van der Waals surface area contributed by atoms with Crippen LogP contribution >= 0.6 is 11.8 Å². The van der Waals surface area contributed by atoms with E-state index < -0.39 is 6.10 Å². The fourth-order valence-electron chi connectivity index (χ4n) is 3.49. The van der Waals surface area contributed by atoms with Crippen LogP contribution in [0.2, 0.25) is 0 Å². The summed E-state index contributed by atoms with van der Waals surface area (Å²) < 4.78 is 11.4. The molecule has 1 N–H and O–H groups in total. The van der Waals surface area contributed by atoms with Gasteiger partial charge in [0, 0.05) is 12.4 Å². The number of methoxy groups -OCH3 is 1. The van der Waals surface area contributed by atoms with Gasteiger partial charge in [-0.1, -0.05) is 12.1 Å². The maximum absolute atomic E-state index is 10.8. The highest BCUT2D eigenvalue weighted by Gasteiger charge is 2.42. The summed E-state index contributed by atoms with van der Waals surface area (Å²) in [5, 5.41) is 10.8. The van der Waals surface area contributed by atoms with E-state index in [4.69, 9.17) is 9.47 Å². The van der Waals surface area contributed by atoms with E-state index in [1.54, 1.807) is 7.11 Å². The Bertz CT molecular complexity index is 497. The van der Waals surface area contributed by atoms with Crippen LogP contribution in [0.4, 0.5) is 0 Å². The van der Waals surface area contributed by atoms with Gasteiger partial charge < -0.3 is 14.6 Å². The summed E-state index contributed by atoms with van der Waals surface area (Å²) in [6.07, 6.45) is 2.60. The van der Waals surface area contributed by atoms with Gasteiger partial charge in [-0.2, -0.15) is 11.8 Å². The Hall–Kier alpha value is -0.710. The van der Waals surface area contributed by atoms with Crippen LogP contribution in [0.3, 0.4) is 0 Å². The van der Waals surface area contributed by atoms with Gasteiger partial charge in [0.15, 0.2) is 0 Å². The SMILES string of the molecule is COc1cc(C(O)C2CCOC3(CCSC3)C2)ccc1C. The van der Waals surface area contributed by atoms with Crippen LogP contribution in [0.15, 0.2) is 18.2 Å². The lowest BCUT2D eigenvalue weighted by molar-refractivity contribution is -0.102. The van der Waals surface area contributed by atoms with Crippen molar-refractivity contribution in [1.29, 1.82) is 0 Å². The van der Waals surface area contributed by atoms with Crippen LogP contribution in [-0.2, 0) is 4.74 Å².